The predicted molar refractivity (Wildman–Crippen MR) is 36.4 cm³/mol. The standard InChI is InChI=1S/C5H4N4O2/c10-4-7-3-1-6-2-9(3)5(11)8-4/h1-2H,(H2,7,8,10,11). The molecule has 0 aliphatic carbocycles. The van der Waals surface area contributed by atoms with E-state index in [4.69, 9.17) is 0 Å². The Morgan fingerprint density at radius 1 is 1.36 bits per heavy atom. The lowest BCUT2D eigenvalue weighted by Crippen LogP contribution is -2.26. The molecule has 0 amide bonds. The number of nitrogens with one attached hydrogen (secondary N) is 2. The highest BCUT2D eigenvalue weighted by molar-refractivity contribution is 5.31. The van der Waals surface area contributed by atoms with E-state index in [9.17, 15) is 9.59 Å². The van der Waals surface area contributed by atoms with Gasteiger partial charge < -0.3 is 0 Å². The quantitative estimate of drug-likeness (QED) is 0.492. The van der Waals surface area contributed by atoms with Crippen molar-refractivity contribution >= 4 is 5.65 Å². The summed E-state index contributed by atoms with van der Waals surface area (Å²) < 4.78 is 1.21. The molecule has 0 saturated carbocycles. The Labute approximate surface area is 59.5 Å². The Bertz CT molecular complexity index is 491. The van der Waals surface area contributed by atoms with E-state index >= 15 is 0 Å². The molecular weight excluding hydrogens is 148 g/mol. The van der Waals surface area contributed by atoms with Gasteiger partial charge in [0.1, 0.15) is 12.0 Å². The molecule has 0 aliphatic heterocycles. The molecule has 0 spiro atoms. The minimum Gasteiger partial charge on any atom is -0.292 e. The molecule has 0 radical (unpaired) electrons. The summed E-state index contributed by atoms with van der Waals surface area (Å²) in [7, 11) is 0. The number of imidazole rings is 1. The molecule has 2 aromatic rings. The van der Waals surface area contributed by atoms with E-state index in [2.05, 4.69) is 15.0 Å². The highest BCUT2D eigenvalue weighted by Crippen LogP contribution is 1.85. The van der Waals surface area contributed by atoms with Gasteiger partial charge in [0.05, 0.1) is 6.20 Å². The third-order valence-corrected chi connectivity index (χ3v) is 1.32. The van der Waals surface area contributed by atoms with Crippen LogP contribution in [0.4, 0.5) is 0 Å². The van der Waals surface area contributed by atoms with Gasteiger partial charge in [-0.25, -0.2) is 19.0 Å². The number of hydrogen-bond donors (Lipinski definition) is 2. The highest BCUT2D eigenvalue weighted by atomic mass is 16.2. The first-order valence-corrected chi connectivity index (χ1v) is 2.92. The van der Waals surface area contributed by atoms with Crippen LogP contribution in [-0.4, -0.2) is 19.4 Å². The van der Waals surface area contributed by atoms with Crippen molar-refractivity contribution in [3.63, 3.8) is 0 Å². The molecule has 6 nitrogen and oxygen atoms in total. The van der Waals surface area contributed by atoms with Crippen molar-refractivity contribution in [2.45, 2.75) is 0 Å². The van der Waals surface area contributed by atoms with Crippen molar-refractivity contribution in [3.05, 3.63) is 33.5 Å². The maximum Gasteiger partial charge on any atom is 0.336 e. The zero-order chi connectivity index (χ0) is 7.84. The first kappa shape index (κ1) is 5.90. The van der Waals surface area contributed by atoms with Crippen LogP contribution in [0.15, 0.2) is 22.1 Å². The lowest BCUT2D eigenvalue weighted by Gasteiger charge is -1.87. The molecule has 2 rings (SSSR count). The third kappa shape index (κ3) is 0.759. The second-order valence-electron chi connectivity index (χ2n) is 2.03. The van der Waals surface area contributed by atoms with E-state index in [0.717, 1.165) is 0 Å². The van der Waals surface area contributed by atoms with Crippen molar-refractivity contribution < 1.29 is 0 Å². The van der Waals surface area contributed by atoms with Crippen LogP contribution in [0.2, 0.25) is 0 Å². The number of nitrogens with zero attached hydrogens (tertiary/aromatic N) is 2. The largest absolute Gasteiger partial charge is 0.336 e. The number of hydrogen-bond acceptors (Lipinski definition) is 3. The van der Waals surface area contributed by atoms with Crippen LogP contribution in [0, 0.1) is 0 Å². The molecule has 56 valence electrons. The van der Waals surface area contributed by atoms with Gasteiger partial charge in [-0.15, -0.1) is 0 Å². The van der Waals surface area contributed by atoms with Gasteiger partial charge in [-0.05, 0) is 0 Å². The maximum atomic E-state index is 10.9. The van der Waals surface area contributed by atoms with Crippen molar-refractivity contribution in [3.8, 4) is 0 Å². The van der Waals surface area contributed by atoms with Crippen LogP contribution in [0.25, 0.3) is 5.65 Å². The van der Waals surface area contributed by atoms with Gasteiger partial charge in [0.25, 0.3) is 0 Å². The summed E-state index contributed by atoms with van der Waals surface area (Å²) in [6, 6.07) is 0. The Hall–Kier alpha value is -1.85. The highest BCUT2D eigenvalue weighted by Gasteiger charge is 1.96. The number of H-pyrrole nitrogens is 2. The summed E-state index contributed by atoms with van der Waals surface area (Å²) in [5.41, 5.74) is -0.622. The normalized spacial score (nSPS) is 10.5. The molecule has 0 unspecified atom stereocenters. The summed E-state index contributed by atoms with van der Waals surface area (Å²) in [5, 5.41) is 0. The lowest BCUT2D eigenvalue weighted by molar-refractivity contribution is 0.911. The fourth-order valence-electron chi connectivity index (χ4n) is 0.854. The van der Waals surface area contributed by atoms with E-state index in [1.165, 1.54) is 16.9 Å². The Morgan fingerprint density at radius 2 is 2.18 bits per heavy atom. The number of fused-ring (bicyclic) bond motifs is 1. The number of aromatic amines is 2. The molecule has 0 atom stereocenters. The summed E-state index contributed by atoms with van der Waals surface area (Å²) in [6.45, 7) is 0. The van der Waals surface area contributed by atoms with Crippen molar-refractivity contribution in [2.75, 3.05) is 0 Å². The first-order chi connectivity index (χ1) is 5.27. The molecule has 0 aromatic carbocycles. The van der Waals surface area contributed by atoms with Gasteiger partial charge >= 0.3 is 11.4 Å². The summed E-state index contributed by atoms with van der Waals surface area (Å²) >= 11 is 0. The lowest BCUT2D eigenvalue weighted by atomic mass is 10.8. The summed E-state index contributed by atoms with van der Waals surface area (Å²) in [6.07, 6.45) is 2.72. The fraction of sp³-hybridized carbons (Fsp3) is 0. The average molecular weight is 152 g/mol. The number of rotatable bonds is 0. The van der Waals surface area contributed by atoms with Gasteiger partial charge in [0.15, 0.2) is 0 Å². The zero-order valence-electron chi connectivity index (χ0n) is 5.37. The molecule has 6 heteroatoms. The monoisotopic (exact) mass is 152 g/mol. The molecule has 0 aliphatic rings. The van der Waals surface area contributed by atoms with E-state index in [-0.39, 0.29) is 0 Å². The van der Waals surface area contributed by atoms with Crippen molar-refractivity contribution in [2.24, 2.45) is 0 Å². The second kappa shape index (κ2) is 1.82. The van der Waals surface area contributed by atoms with Crippen molar-refractivity contribution in [1.29, 1.82) is 0 Å². The smallest absolute Gasteiger partial charge is 0.292 e. The van der Waals surface area contributed by atoms with E-state index in [0.29, 0.717) is 5.65 Å². The van der Waals surface area contributed by atoms with Gasteiger partial charge in [0, 0.05) is 0 Å². The third-order valence-electron chi connectivity index (χ3n) is 1.32. The van der Waals surface area contributed by atoms with Crippen LogP contribution in [0.5, 0.6) is 0 Å². The second-order valence-corrected chi connectivity index (χ2v) is 2.03. The predicted octanol–water partition coefficient (Wildman–Crippen LogP) is -1.29. The molecule has 2 heterocycles. The molecule has 11 heavy (non-hydrogen) atoms. The number of aromatic nitrogens is 4. The minimum atomic E-state index is -0.525. The zero-order valence-corrected chi connectivity index (χ0v) is 5.37. The van der Waals surface area contributed by atoms with Gasteiger partial charge in [-0.2, -0.15) is 0 Å². The van der Waals surface area contributed by atoms with Crippen LogP contribution in [-0.2, 0) is 0 Å². The topological polar surface area (TPSA) is 83.0 Å². The van der Waals surface area contributed by atoms with Crippen LogP contribution in [0.1, 0.15) is 0 Å². The first-order valence-electron chi connectivity index (χ1n) is 2.92. The Kier molecular flexibility index (Phi) is 0.974. The Morgan fingerprint density at radius 3 is 3.00 bits per heavy atom. The molecule has 2 N–H and O–H groups in total. The van der Waals surface area contributed by atoms with E-state index in [1.54, 1.807) is 0 Å². The fourth-order valence-corrected chi connectivity index (χ4v) is 0.854. The summed E-state index contributed by atoms with van der Waals surface area (Å²) in [4.78, 5) is 29.7. The van der Waals surface area contributed by atoms with Gasteiger partial charge in [-0.1, -0.05) is 0 Å². The summed E-state index contributed by atoms with van der Waals surface area (Å²) in [5.74, 6) is 0. The van der Waals surface area contributed by atoms with Gasteiger partial charge in [0.2, 0.25) is 0 Å². The molecule has 2 aromatic heterocycles. The minimum absolute atomic E-state index is 0.388. The van der Waals surface area contributed by atoms with Gasteiger partial charge in [-0.3, -0.25) is 9.97 Å². The molecule has 0 saturated heterocycles. The van der Waals surface area contributed by atoms with E-state index < -0.39 is 11.4 Å². The SMILES string of the molecule is O=c1[nH]c(=O)n2cncc2[nH]1. The molecular formula is C5H4N4O2. The Balaban J connectivity index is 3.15. The molecule has 0 bridgehead atoms. The van der Waals surface area contributed by atoms with Crippen molar-refractivity contribution in [1.82, 2.24) is 19.4 Å². The molecule has 0 fully saturated rings. The van der Waals surface area contributed by atoms with Crippen LogP contribution in [0.3, 0.4) is 0 Å². The van der Waals surface area contributed by atoms with Crippen LogP contribution < -0.4 is 11.4 Å². The van der Waals surface area contributed by atoms with Crippen LogP contribution >= 0.6 is 0 Å². The average Bonchev–Trinajstić information content (AvgIpc) is 2.34. The van der Waals surface area contributed by atoms with E-state index in [1.807, 2.05) is 0 Å². The maximum absolute atomic E-state index is 10.9.